The van der Waals surface area contributed by atoms with Gasteiger partial charge in [0.2, 0.25) is 11.8 Å². The Hall–Kier alpha value is -3.41. The highest BCUT2D eigenvalue weighted by atomic mass is 16.2. The maximum atomic E-state index is 12.8. The van der Waals surface area contributed by atoms with Gasteiger partial charge in [-0.15, -0.1) is 0 Å². The fraction of sp³-hybridized carbons (Fsp3) is 0.261. The number of aromatic amines is 1. The summed E-state index contributed by atoms with van der Waals surface area (Å²) < 4.78 is 0. The molecule has 0 saturated carbocycles. The van der Waals surface area contributed by atoms with E-state index in [1.807, 2.05) is 50.2 Å². The van der Waals surface area contributed by atoms with E-state index in [-0.39, 0.29) is 23.8 Å². The number of nitrogens with one attached hydrogen (secondary N) is 2. The SMILES string of the molecule is Cc1ccc(N2CC(C(=O)Nc3ccc4c(C)c(C)c(=O)[nH]c4c3)CC2=O)cc1. The van der Waals surface area contributed by atoms with Crippen LogP contribution in [0.4, 0.5) is 11.4 Å². The average Bonchev–Trinajstić information content (AvgIpc) is 3.08. The minimum Gasteiger partial charge on any atom is -0.326 e. The Kier molecular flexibility index (Phi) is 4.70. The average molecular weight is 389 g/mol. The summed E-state index contributed by atoms with van der Waals surface area (Å²) in [4.78, 5) is 41.7. The van der Waals surface area contributed by atoms with E-state index in [0.717, 1.165) is 22.2 Å². The molecule has 1 saturated heterocycles. The van der Waals surface area contributed by atoms with Crippen molar-refractivity contribution in [1.82, 2.24) is 4.98 Å². The Morgan fingerprint density at radius 1 is 1.03 bits per heavy atom. The third-order valence-corrected chi connectivity index (χ3v) is 5.68. The van der Waals surface area contributed by atoms with Crippen LogP contribution in [0.3, 0.4) is 0 Å². The second-order valence-electron chi connectivity index (χ2n) is 7.69. The predicted octanol–water partition coefficient (Wildman–Crippen LogP) is 3.44. The zero-order valence-electron chi connectivity index (χ0n) is 16.7. The highest BCUT2D eigenvalue weighted by Crippen LogP contribution is 2.27. The number of rotatable bonds is 3. The number of aryl methyl sites for hydroxylation is 2. The van der Waals surface area contributed by atoms with Crippen molar-refractivity contribution in [2.75, 3.05) is 16.8 Å². The van der Waals surface area contributed by atoms with Crippen LogP contribution < -0.4 is 15.8 Å². The molecule has 2 aromatic carbocycles. The van der Waals surface area contributed by atoms with E-state index in [2.05, 4.69) is 10.3 Å². The summed E-state index contributed by atoms with van der Waals surface area (Å²) in [6.07, 6.45) is 0.183. The van der Waals surface area contributed by atoms with Crippen molar-refractivity contribution in [2.24, 2.45) is 5.92 Å². The normalized spacial score (nSPS) is 16.4. The number of hydrogen-bond donors (Lipinski definition) is 2. The van der Waals surface area contributed by atoms with Gasteiger partial charge in [-0.25, -0.2) is 0 Å². The van der Waals surface area contributed by atoms with E-state index in [1.165, 1.54) is 0 Å². The van der Waals surface area contributed by atoms with Gasteiger partial charge in [0.15, 0.2) is 0 Å². The van der Waals surface area contributed by atoms with E-state index >= 15 is 0 Å². The van der Waals surface area contributed by atoms with E-state index in [0.29, 0.717) is 23.3 Å². The van der Waals surface area contributed by atoms with Crippen LogP contribution in [0.1, 0.15) is 23.1 Å². The molecule has 6 nitrogen and oxygen atoms in total. The third kappa shape index (κ3) is 3.53. The van der Waals surface area contributed by atoms with Gasteiger partial charge in [-0.1, -0.05) is 23.8 Å². The quantitative estimate of drug-likeness (QED) is 0.720. The molecule has 4 rings (SSSR count). The fourth-order valence-electron chi connectivity index (χ4n) is 3.74. The van der Waals surface area contributed by atoms with Crippen molar-refractivity contribution >= 4 is 34.1 Å². The minimum absolute atomic E-state index is 0.0528. The van der Waals surface area contributed by atoms with Crippen molar-refractivity contribution in [3.63, 3.8) is 0 Å². The first-order chi connectivity index (χ1) is 13.8. The molecular weight excluding hydrogens is 366 g/mol. The molecule has 2 heterocycles. The van der Waals surface area contributed by atoms with Crippen molar-refractivity contribution in [3.8, 4) is 0 Å². The number of amides is 2. The van der Waals surface area contributed by atoms with Crippen molar-refractivity contribution < 1.29 is 9.59 Å². The second-order valence-corrected chi connectivity index (χ2v) is 7.69. The van der Waals surface area contributed by atoms with Crippen LogP contribution in [0.2, 0.25) is 0 Å². The van der Waals surface area contributed by atoms with Gasteiger partial charge >= 0.3 is 0 Å². The van der Waals surface area contributed by atoms with Crippen molar-refractivity contribution in [2.45, 2.75) is 27.2 Å². The molecule has 1 unspecified atom stereocenters. The first-order valence-corrected chi connectivity index (χ1v) is 9.64. The van der Waals surface area contributed by atoms with Gasteiger partial charge in [-0.2, -0.15) is 0 Å². The lowest BCUT2D eigenvalue weighted by molar-refractivity contribution is -0.122. The second kappa shape index (κ2) is 7.20. The lowest BCUT2D eigenvalue weighted by Crippen LogP contribution is -2.28. The number of carbonyl (C=O) groups is 2. The zero-order chi connectivity index (χ0) is 20.7. The van der Waals surface area contributed by atoms with Gasteiger partial charge in [0.1, 0.15) is 0 Å². The first kappa shape index (κ1) is 18.9. The van der Waals surface area contributed by atoms with Crippen molar-refractivity contribution in [3.05, 3.63) is 69.5 Å². The number of nitrogens with zero attached hydrogens (tertiary/aromatic N) is 1. The molecule has 1 aromatic heterocycles. The van der Waals surface area contributed by atoms with E-state index < -0.39 is 5.92 Å². The number of aromatic nitrogens is 1. The summed E-state index contributed by atoms with van der Waals surface area (Å²) in [5, 5.41) is 3.84. The molecule has 2 amide bonds. The molecule has 148 valence electrons. The van der Waals surface area contributed by atoms with Gasteiger partial charge < -0.3 is 15.2 Å². The molecule has 0 bridgehead atoms. The summed E-state index contributed by atoms with van der Waals surface area (Å²) >= 11 is 0. The number of H-pyrrole nitrogens is 1. The summed E-state index contributed by atoms with van der Waals surface area (Å²) in [5.41, 5.74) is 4.70. The minimum atomic E-state index is -0.418. The number of benzene rings is 2. The van der Waals surface area contributed by atoms with Crippen LogP contribution >= 0.6 is 0 Å². The molecular formula is C23H23N3O3. The highest BCUT2D eigenvalue weighted by molar-refractivity contribution is 6.04. The Morgan fingerprint density at radius 3 is 2.48 bits per heavy atom. The van der Waals surface area contributed by atoms with Gasteiger partial charge in [0.25, 0.3) is 5.56 Å². The Labute approximate surface area is 168 Å². The molecule has 29 heavy (non-hydrogen) atoms. The Morgan fingerprint density at radius 2 is 1.76 bits per heavy atom. The van der Waals surface area contributed by atoms with Crippen LogP contribution in [0.5, 0.6) is 0 Å². The fourth-order valence-corrected chi connectivity index (χ4v) is 3.74. The summed E-state index contributed by atoms with van der Waals surface area (Å²) in [7, 11) is 0. The zero-order valence-corrected chi connectivity index (χ0v) is 16.7. The summed E-state index contributed by atoms with van der Waals surface area (Å²) in [6.45, 7) is 6.05. The molecule has 1 fully saturated rings. The predicted molar refractivity (Wildman–Crippen MR) is 114 cm³/mol. The van der Waals surface area contributed by atoms with E-state index in [4.69, 9.17) is 0 Å². The van der Waals surface area contributed by atoms with Crippen LogP contribution in [-0.2, 0) is 9.59 Å². The summed E-state index contributed by atoms with van der Waals surface area (Å²) in [5.74, 6) is -0.667. The lowest BCUT2D eigenvalue weighted by atomic mass is 10.0. The highest BCUT2D eigenvalue weighted by Gasteiger charge is 2.35. The Balaban J connectivity index is 1.52. The van der Waals surface area contributed by atoms with Crippen molar-refractivity contribution in [1.29, 1.82) is 0 Å². The molecule has 2 N–H and O–H groups in total. The van der Waals surface area contributed by atoms with Crippen LogP contribution in [0.15, 0.2) is 47.3 Å². The number of anilines is 2. The van der Waals surface area contributed by atoms with Crippen LogP contribution in [0, 0.1) is 26.7 Å². The number of fused-ring (bicyclic) bond motifs is 1. The van der Waals surface area contributed by atoms with Crippen LogP contribution in [-0.4, -0.2) is 23.3 Å². The van der Waals surface area contributed by atoms with E-state index in [9.17, 15) is 14.4 Å². The van der Waals surface area contributed by atoms with Gasteiger partial charge in [0.05, 0.1) is 11.4 Å². The largest absolute Gasteiger partial charge is 0.326 e. The van der Waals surface area contributed by atoms with Gasteiger partial charge in [-0.05, 0) is 50.6 Å². The maximum Gasteiger partial charge on any atom is 0.251 e. The molecule has 1 aliphatic rings. The standard InChI is InChI=1S/C23H23N3O3/c1-13-4-7-18(8-5-13)26-12-16(10-21(26)27)23(29)24-17-6-9-19-14(2)15(3)22(28)25-20(19)11-17/h4-9,11,16H,10,12H2,1-3H3,(H,24,29)(H,25,28). The summed E-state index contributed by atoms with van der Waals surface area (Å²) in [6, 6.07) is 13.2. The topological polar surface area (TPSA) is 82.3 Å². The van der Waals surface area contributed by atoms with E-state index in [1.54, 1.807) is 17.9 Å². The molecule has 1 atom stereocenters. The molecule has 0 spiro atoms. The monoisotopic (exact) mass is 389 g/mol. The third-order valence-electron chi connectivity index (χ3n) is 5.68. The number of carbonyl (C=O) groups excluding carboxylic acids is 2. The maximum absolute atomic E-state index is 12.8. The molecule has 6 heteroatoms. The Bertz CT molecular complexity index is 1180. The molecule has 0 aliphatic carbocycles. The molecule has 3 aromatic rings. The molecule has 0 radical (unpaired) electrons. The van der Waals surface area contributed by atoms with Gasteiger partial charge in [0, 0.05) is 35.3 Å². The lowest BCUT2D eigenvalue weighted by Gasteiger charge is -2.17. The smallest absolute Gasteiger partial charge is 0.251 e. The van der Waals surface area contributed by atoms with Gasteiger partial charge in [-0.3, -0.25) is 14.4 Å². The van der Waals surface area contributed by atoms with Crippen LogP contribution in [0.25, 0.3) is 10.9 Å². The molecule has 1 aliphatic heterocycles. The number of hydrogen-bond acceptors (Lipinski definition) is 3. The first-order valence-electron chi connectivity index (χ1n) is 9.64. The number of pyridine rings is 1.